The summed E-state index contributed by atoms with van der Waals surface area (Å²) in [6, 6.07) is 15.0. The van der Waals surface area contributed by atoms with E-state index in [0.717, 1.165) is 17.4 Å². The van der Waals surface area contributed by atoms with Crippen molar-refractivity contribution in [2.75, 3.05) is 11.0 Å². The zero-order valence-corrected chi connectivity index (χ0v) is 18.7. The minimum atomic E-state index is -3.31. The van der Waals surface area contributed by atoms with Gasteiger partial charge in [0.15, 0.2) is 0 Å². The molecule has 2 aromatic carbocycles. The average Bonchev–Trinajstić information content (AvgIpc) is 2.60. The molecular formula is C23H30N2O3S. The Balaban J connectivity index is 2.03. The quantitative estimate of drug-likeness (QED) is 0.677. The number of benzene rings is 2. The second-order valence-electron chi connectivity index (χ2n) is 8.39. The van der Waals surface area contributed by atoms with Crippen LogP contribution in [0.15, 0.2) is 54.1 Å². The number of rotatable bonds is 6. The van der Waals surface area contributed by atoms with Gasteiger partial charge in [-0.1, -0.05) is 57.2 Å². The molecule has 1 unspecified atom stereocenters. The molecule has 0 aliphatic carbocycles. The fourth-order valence-corrected chi connectivity index (χ4v) is 3.41. The normalized spacial score (nSPS) is 13.7. The van der Waals surface area contributed by atoms with E-state index in [0.29, 0.717) is 11.3 Å². The van der Waals surface area contributed by atoms with Crippen molar-refractivity contribution in [3.8, 4) is 0 Å². The van der Waals surface area contributed by atoms with Gasteiger partial charge in [0.2, 0.25) is 15.9 Å². The lowest BCUT2D eigenvalue weighted by Crippen LogP contribution is -2.27. The standard InChI is InChI=1S/C23H30N2O3S/c1-16(15-18-7-11-20(12-8-18)23(3,4)5)22(26)24-17(2)19-9-13-21(14-10-19)25-29(6,27)28/h7-15,17,25H,1-6H3,(H,24,26). The van der Waals surface area contributed by atoms with E-state index in [2.05, 4.69) is 42.9 Å². The summed E-state index contributed by atoms with van der Waals surface area (Å²) in [5.41, 5.74) is 4.32. The third kappa shape index (κ3) is 7.06. The highest BCUT2D eigenvalue weighted by Gasteiger charge is 2.14. The predicted octanol–water partition coefficient (Wildman–Crippen LogP) is 4.64. The van der Waals surface area contributed by atoms with Crippen LogP contribution < -0.4 is 10.0 Å². The maximum absolute atomic E-state index is 12.5. The smallest absolute Gasteiger partial charge is 0.247 e. The van der Waals surface area contributed by atoms with Crippen LogP contribution in [-0.4, -0.2) is 20.6 Å². The highest BCUT2D eigenvalue weighted by molar-refractivity contribution is 7.92. The molecule has 0 aliphatic heterocycles. The summed E-state index contributed by atoms with van der Waals surface area (Å²) in [5, 5.41) is 2.97. The number of carbonyl (C=O) groups excluding carboxylic acids is 1. The monoisotopic (exact) mass is 414 g/mol. The lowest BCUT2D eigenvalue weighted by atomic mass is 9.86. The number of amides is 1. The highest BCUT2D eigenvalue weighted by atomic mass is 32.2. The van der Waals surface area contributed by atoms with E-state index >= 15 is 0 Å². The zero-order chi connectivity index (χ0) is 21.8. The number of carbonyl (C=O) groups is 1. The molecule has 0 radical (unpaired) electrons. The molecule has 2 N–H and O–H groups in total. The topological polar surface area (TPSA) is 75.3 Å². The van der Waals surface area contributed by atoms with E-state index in [1.54, 1.807) is 31.2 Å². The van der Waals surface area contributed by atoms with Crippen molar-refractivity contribution in [1.82, 2.24) is 5.32 Å². The van der Waals surface area contributed by atoms with Gasteiger partial charge in [0.05, 0.1) is 12.3 Å². The molecule has 2 rings (SSSR count). The molecule has 1 atom stereocenters. The highest BCUT2D eigenvalue weighted by Crippen LogP contribution is 2.23. The molecule has 5 nitrogen and oxygen atoms in total. The van der Waals surface area contributed by atoms with Crippen molar-refractivity contribution in [2.24, 2.45) is 0 Å². The van der Waals surface area contributed by atoms with Crippen LogP contribution in [0.2, 0.25) is 0 Å². The second kappa shape index (κ2) is 8.82. The fourth-order valence-electron chi connectivity index (χ4n) is 2.84. The summed E-state index contributed by atoms with van der Waals surface area (Å²) in [6.07, 6.45) is 2.98. The van der Waals surface area contributed by atoms with Crippen LogP contribution in [0, 0.1) is 0 Å². The zero-order valence-electron chi connectivity index (χ0n) is 17.9. The van der Waals surface area contributed by atoms with Gasteiger partial charge in [-0.2, -0.15) is 0 Å². The van der Waals surface area contributed by atoms with Gasteiger partial charge in [-0.05, 0) is 54.2 Å². The summed E-state index contributed by atoms with van der Waals surface area (Å²) in [5.74, 6) is -0.143. The Morgan fingerprint density at radius 3 is 2.03 bits per heavy atom. The fraction of sp³-hybridized carbons (Fsp3) is 0.348. The van der Waals surface area contributed by atoms with Gasteiger partial charge in [-0.25, -0.2) is 8.42 Å². The number of sulfonamides is 1. The van der Waals surface area contributed by atoms with Crippen LogP contribution in [0.4, 0.5) is 5.69 Å². The first-order chi connectivity index (χ1) is 13.3. The van der Waals surface area contributed by atoms with Crippen molar-refractivity contribution in [3.63, 3.8) is 0 Å². The molecule has 0 saturated carbocycles. The Kier molecular flexibility index (Phi) is 6.90. The third-order valence-electron chi connectivity index (χ3n) is 4.58. The molecule has 0 aromatic heterocycles. The Hall–Kier alpha value is -2.60. The first kappa shape index (κ1) is 22.7. The molecule has 156 valence electrons. The maximum atomic E-state index is 12.5. The van der Waals surface area contributed by atoms with Crippen LogP contribution >= 0.6 is 0 Å². The minimum absolute atomic E-state index is 0.0937. The van der Waals surface area contributed by atoms with Crippen LogP contribution in [0.25, 0.3) is 6.08 Å². The van der Waals surface area contributed by atoms with E-state index < -0.39 is 10.0 Å². The summed E-state index contributed by atoms with van der Waals surface area (Å²) >= 11 is 0. The van der Waals surface area contributed by atoms with Gasteiger partial charge >= 0.3 is 0 Å². The first-order valence-corrected chi connectivity index (χ1v) is 11.4. The van der Waals surface area contributed by atoms with E-state index in [4.69, 9.17) is 0 Å². The minimum Gasteiger partial charge on any atom is -0.346 e. The molecular weight excluding hydrogens is 384 g/mol. The van der Waals surface area contributed by atoms with Crippen molar-refractivity contribution >= 4 is 27.7 Å². The SMILES string of the molecule is CC(=Cc1ccc(C(C)(C)C)cc1)C(=O)NC(C)c1ccc(NS(C)(=O)=O)cc1. The molecule has 6 heteroatoms. The molecule has 2 aromatic rings. The number of anilines is 1. The van der Waals surface area contributed by atoms with Gasteiger partial charge in [0.25, 0.3) is 0 Å². The van der Waals surface area contributed by atoms with Gasteiger partial charge in [0.1, 0.15) is 0 Å². The van der Waals surface area contributed by atoms with Gasteiger partial charge in [0, 0.05) is 11.3 Å². The van der Waals surface area contributed by atoms with Gasteiger partial charge in [-0.3, -0.25) is 9.52 Å². The molecule has 29 heavy (non-hydrogen) atoms. The number of nitrogens with one attached hydrogen (secondary N) is 2. The van der Waals surface area contributed by atoms with E-state index in [-0.39, 0.29) is 17.4 Å². The third-order valence-corrected chi connectivity index (χ3v) is 5.19. The molecule has 0 bridgehead atoms. The van der Waals surface area contributed by atoms with Gasteiger partial charge in [-0.15, -0.1) is 0 Å². The first-order valence-electron chi connectivity index (χ1n) is 9.52. The van der Waals surface area contributed by atoms with Crippen LogP contribution in [0.1, 0.15) is 57.4 Å². The van der Waals surface area contributed by atoms with E-state index in [1.165, 1.54) is 5.56 Å². The summed E-state index contributed by atoms with van der Waals surface area (Å²) < 4.78 is 25.0. The molecule has 0 heterocycles. The van der Waals surface area contributed by atoms with E-state index in [9.17, 15) is 13.2 Å². The predicted molar refractivity (Wildman–Crippen MR) is 120 cm³/mol. The summed E-state index contributed by atoms with van der Waals surface area (Å²) in [4.78, 5) is 12.5. The van der Waals surface area contributed by atoms with Crippen molar-refractivity contribution in [3.05, 3.63) is 70.8 Å². The maximum Gasteiger partial charge on any atom is 0.247 e. The molecule has 0 saturated heterocycles. The Labute approximate surface area is 174 Å². The average molecular weight is 415 g/mol. The van der Waals surface area contributed by atoms with Gasteiger partial charge < -0.3 is 5.32 Å². The molecule has 1 amide bonds. The van der Waals surface area contributed by atoms with Crippen LogP contribution in [-0.2, 0) is 20.2 Å². The lowest BCUT2D eigenvalue weighted by molar-refractivity contribution is -0.118. The molecule has 0 fully saturated rings. The summed E-state index contributed by atoms with van der Waals surface area (Å²) in [7, 11) is -3.31. The second-order valence-corrected chi connectivity index (χ2v) is 10.1. The van der Waals surface area contributed by atoms with Crippen LogP contribution in [0.3, 0.4) is 0 Å². The van der Waals surface area contributed by atoms with Crippen molar-refractivity contribution in [1.29, 1.82) is 0 Å². The molecule has 0 spiro atoms. The number of hydrogen-bond donors (Lipinski definition) is 2. The number of hydrogen-bond acceptors (Lipinski definition) is 3. The lowest BCUT2D eigenvalue weighted by Gasteiger charge is -2.19. The Morgan fingerprint density at radius 2 is 1.55 bits per heavy atom. The van der Waals surface area contributed by atoms with E-state index in [1.807, 2.05) is 25.1 Å². The Bertz CT molecular complexity index is 984. The molecule has 0 aliphatic rings. The summed E-state index contributed by atoms with van der Waals surface area (Å²) in [6.45, 7) is 10.2. The van der Waals surface area contributed by atoms with Crippen molar-refractivity contribution < 1.29 is 13.2 Å². The van der Waals surface area contributed by atoms with Crippen molar-refractivity contribution in [2.45, 2.75) is 46.1 Å². The van der Waals surface area contributed by atoms with Crippen LogP contribution in [0.5, 0.6) is 0 Å². The Morgan fingerprint density at radius 1 is 1.00 bits per heavy atom. The largest absolute Gasteiger partial charge is 0.346 e.